The Morgan fingerprint density at radius 3 is 2.14 bits per heavy atom. The summed E-state index contributed by atoms with van der Waals surface area (Å²) in [5.74, 6) is 0.319. The first-order valence-corrected chi connectivity index (χ1v) is 8.48. The molecule has 1 aromatic rings. The highest BCUT2D eigenvalue weighted by Gasteiger charge is 2.13. The van der Waals surface area contributed by atoms with E-state index in [0.29, 0.717) is 12.5 Å². The number of nitrogens with one attached hydrogen (secondary N) is 2. The van der Waals surface area contributed by atoms with Gasteiger partial charge in [0.25, 0.3) is 0 Å². The highest BCUT2D eigenvalue weighted by Crippen LogP contribution is 2.30. The second kappa shape index (κ2) is 8.22. The zero-order chi connectivity index (χ0) is 16.9. The van der Waals surface area contributed by atoms with Crippen LogP contribution in [-0.4, -0.2) is 24.2 Å². The first-order chi connectivity index (χ1) is 10.2. The Morgan fingerprint density at radius 1 is 1.09 bits per heavy atom. The van der Waals surface area contributed by atoms with Gasteiger partial charge in [-0.3, -0.25) is 10.1 Å². The maximum atomic E-state index is 11.9. The quantitative estimate of drug-likeness (QED) is 0.816. The molecule has 3 amide bonds. The Kier molecular flexibility index (Phi) is 6.94. The van der Waals surface area contributed by atoms with Crippen molar-refractivity contribution in [3.05, 3.63) is 28.3 Å². The molecular weight excluding hydrogens is 296 g/mol. The largest absolute Gasteiger partial charge is 0.338 e. The van der Waals surface area contributed by atoms with Crippen molar-refractivity contribution in [3.8, 4) is 0 Å². The molecule has 22 heavy (non-hydrogen) atoms. The fourth-order valence-electron chi connectivity index (χ4n) is 2.04. The van der Waals surface area contributed by atoms with Crippen molar-refractivity contribution in [2.45, 2.75) is 46.4 Å². The van der Waals surface area contributed by atoms with Gasteiger partial charge in [-0.2, -0.15) is 0 Å². The van der Waals surface area contributed by atoms with Gasteiger partial charge in [0.2, 0.25) is 5.91 Å². The predicted octanol–water partition coefficient (Wildman–Crippen LogP) is 3.49. The molecule has 5 heteroatoms. The molecule has 0 aromatic heterocycles. The first-order valence-electron chi connectivity index (χ1n) is 7.50. The minimum absolute atomic E-state index is 0.236. The van der Waals surface area contributed by atoms with E-state index in [9.17, 15) is 9.59 Å². The number of hydrogen-bond acceptors (Lipinski definition) is 3. The molecule has 0 unspecified atom stereocenters. The summed E-state index contributed by atoms with van der Waals surface area (Å²) >= 11 is 1.48. The monoisotopic (exact) mass is 322 g/mol. The molecular formula is C17H26N2O2S. The average molecular weight is 322 g/mol. The Labute approximate surface area is 137 Å². The molecule has 0 aliphatic rings. The van der Waals surface area contributed by atoms with Crippen LogP contribution >= 0.6 is 11.8 Å². The van der Waals surface area contributed by atoms with Crippen LogP contribution in [0.4, 0.5) is 4.79 Å². The van der Waals surface area contributed by atoms with Crippen LogP contribution in [0.25, 0.3) is 0 Å². The fourth-order valence-corrected chi connectivity index (χ4v) is 3.14. The van der Waals surface area contributed by atoms with Crippen molar-refractivity contribution >= 4 is 23.7 Å². The van der Waals surface area contributed by atoms with Crippen LogP contribution in [0.15, 0.2) is 11.0 Å². The van der Waals surface area contributed by atoms with E-state index >= 15 is 0 Å². The average Bonchev–Trinajstić information content (AvgIpc) is 2.43. The number of urea groups is 1. The van der Waals surface area contributed by atoms with E-state index in [0.717, 1.165) is 4.90 Å². The second-order valence-corrected chi connectivity index (χ2v) is 7.02. The fraction of sp³-hybridized carbons (Fsp3) is 0.529. The van der Waals surface area contributed by atoms with Crippen molar-refractivity contribution in [1.82, 2.24) is 10.6 Å². The van der Waals surface area contributed by atoms with Crippen molar-refractivity contribution in [2.24, 2.45) is 5.92 Å². The van der Waals surface area contributed by atoms with Crippen LogP contribution < -0.4 is 10.6 Å². The lowest BCUT2D eigenvalue weighted by Crippen LogP contribution is -2.41. The molecule has 122 valence electrons. The molecule has 0 saturated carbocycles. The number of hydrogen-bond donors (Lipinski definition) is 2. The minimum atomic E-state index is -0.423. The number of carbonyl (C=O) groups is 2. The van der Waals surface area contributed by atoms with E-state index in [1.807, 2.05) is 13.8 Å². The highest BCUT2D eigenvalue weighted by atomic mass is 32.2. The molecule has 2 N–H and O–H groups in total. The summed E-state index contributed by atoms with van der Waals surface area (Å²) in [6.45, 7) is 12.8. The van der Waals surface area contributed by atoms with Gasteiger partial charge in [-0.25, -0.2) is 4.79 Å². The zero-order valence-corrected chi connectivity index (χ0v) is 15.1. The summed E-state index contributed by atoms with van der Waals surface area (Å²) in [4.78, 5) is 24.6. The van der Waals surface area contributed by atoms with Gasteiger partial charge in [0.1, 0.15) is 0 Å². The van der Waals surface area contributed by atoms with Gasteiger partial charge in [0.15, 0.2) is 0 Å². The topological polar surface area (TPSA) is 58.2 Å². The number of aryl methyl sites for hydroxylation is 2. The number of benzene rings is 1. The van der Waals surface area contributed by atoms with Gasteiger partial charge in [0, 0.05) is 11.4 Å². The normalized spacial score (nSPS) is 10.7. The third kappa shape index (κ3) is 5.37. The smallest absolute Gasteiger partial charge is 0.321 e. The highest BCUT2D eigenvalue weighted by molar-refractivity contribution is 8.00. The van der Waals surface area contributed by atoms with Crippen LogP contribution in [0.2, 0.25) is 0 Å². The summed E-state index contributed by atoms with van der Waals surface area (Å²) in [5.41, 5.74) is 4.84. The van der Waals surface area contributed by atoms with Gasteiger partial charge in [-0.1, -0.05) is 19.9 Å². The first kappa shape index (κ1) is 18.6. The lowest BCUT2D eigenvalue weighted by atomic mass is 10.0. The molecule has 0 fully saturated rings. The molecule has 1 rings (SSSR count). The molecule has 0 heterocycles. The number of carbonyl (C=O) groups excluding carboxylic acids is 2. The Bertz CT molecular complexity index is 542. The van der Waals surface area contributed by atoms with E-state index in [4.69, 9.17) is 0 Å². The van der Waals surface area contributed by atoms with Gasteiger partial charge in [-0.05, 0) is 55.9 Å². The summed E-state index contributed by atoms with van der Waals surface area (Å²) in [6, 6.07) is 1.74. The van der Waals surface area contributed by atoms with E-state index in [1.54, 1.807) is 0 Å². The second-order valence-electron chi connectivity index (χ2n) is 6.03. The van der Waals surface area contributed by atoms with Crippen molar-refractivity contribution < 1.29 is 9.59 Å². The number of thioether (sulfide) groups is 1. The van der Waals surface area contributed by atoms with Crippen molar-refractivity contribution in [2.75, 3.05) is 12.3 Å². The summed E-state index contributed by atoms with van der Waals surface area (Å²) < 4.78 is 0. The Hall–Kier alpha value is -1.49. The molecule has 0 spiro atoms. The number of amides is 3. The van der Waals surface area contributed by atoms with Crippen LogP contribution in [0.5, 0.6) is 0 Å². The minimum Gasteiger partial charge on any atom is -0.338 e. The van der Waals surface area contributed by atoms with Crippen LogP contribution in [0.3, 0.4) is 0 Å². The third-order valence-electron chi connectivity index (χ3n) is 3.57. The van der Waals surface area contributed by atoms with Gasteiger partial charge < -0.3 is 5.32 Å². The standard InChI is InChI=1S/C17H26N2O2S/c1-10(2)8-18-17(21)19-15(20)9-22-16-13(5)11(3)7-12(4)14(16)6/h7,10H,8-9H2,1-6H3,(H2,18,19,20,21). The van der Waals surface area contributed by atoms with Crippen LogP contribution in [-0.2, 0) is 4.79 Å². The lowest BCUT2D eigenvalue weighted by Gasteiger charge is -2.14. The molecule has 4 nitrogen and oxygen atoms in total. The van der Waals surface area contributed by atoms with Gasteiger partial charge >= 0.3 is 6.03 Å². The molecule has 0 atom stereocenters. The van der Waals surface area contributed by atoms with Crippen molar-refractivity contribution in [3.63, 3.8) is 0 Å². The lowest BCUT2D eigenvalue weighted by molar-refractivity contribution is -0.117. The Morgan fingerprint density at radius 2 is 1.64 bits per heavy atom. The molecule has 0 saturated heterocycles. The third-order valence-corrected chi connectivity index (χ3v) is 4.88. The summed E-state index contributed by atoms with van der Waals surface area (Å²) in [6.07, 6.45) is 0. The van der Waals surface area contributed by atoms with Gasteiger partial charge in [0.05, 0.1) is 5.75 Å². The van der Waals surface area contributed by atoms with E-state index in [1.165, 1.54) is 34.0 Å². The van der Waals surface area contributed by atoms with E-state index < -0.39 is 6.03 Å². The maximum absolute atomic E-state index is 11.9. The molecule has 1 aromatic carbocycles. The maximum Gasteiger partial charge on any atom is 0.321 e. The Balaban J connectivity index is 2.60. The summed E-state index contributed by atoms with van der Waals surface area (Å²) in [5, 5.41) is 5.04. The van der Waals surface area contributed by atoms with E-state index in [2.05, 4.69) is 44.4 Å². The number of imide groups is 1. The predicted molar refractivity (Wildman–Crippen MR) is 92.5 cm³/mol. The molecule has 0 bridgehead atoms. The SMILES string of the molecule is Cc1cc(C)c(C)c(SCC(=O)NC(=O)NCC(C)C)c1C. The van der Waals surface area contributed by atoms with E-state index in [-0.39, 0.29) is 11.7 Å². The van der Waals surface area contributed by atoms with Gasteiger partial charge in [-0.15, -0.1) is 11.8 Å². The number of rotatable bonds is 5. The van der Waals surface area contributed by atoms with Crippen LogP contribution in [0, 0.1) is 33.6 Å². The van der Waals surface area contributed by atoms with Crippen molar-refractivity contribution in [1.29, 1.82) is 0 Å². The molecule has 0 radical (unpaired) electrons. The summed E-state index contributed by atoms with van der Waals surface area (Å²) in [7, 11) is 0. The molecule has 0 aliphatic carbocycles. The zero-order valence-electron chi connectivity index (χ0n) is 14.3. The molecule has 0 aliphatic heterocycles. The van der Waals surface area contributed by atoms with Crippen LogP contribution in [0.1, 0.15) is 36.1 Å².